The molecular formula is C10H20N2O2. The number of aliphatic hydroxyl groups is 1. The van der Waals surface area contributed by atoms with Crippen molar-refractivity contribution in [3.63, 3.8) is 0 Å². The first-order valence-electron chi connectivity index (χ1n) is 5.12. The van der Waals surface area contributed by atoms with Gasteiger partial charge in [0.1, 0.15) is 0 Å². The van der Waals surface area contributed by atoms with Gasteiger partial charge in [-0.2, -0.15) is 0 Å². The molecule has 1 aliphatic heterocycles. The zero-order chi connectivity index (χ0) is 10.6. The average Bonchev–Trinajstić information content (AvgIpc) is 2.08. The summed E-state index contributed by atoms with van der Waals surface area (Å²) >= 11 is 0. The molecule has 1 saturated heterocycles. The highest BCUT2D eigenvalue weighted by Gasteiger charge is 2.22. The molecule has 4 nitrogen and oxygen atoms in total. The number of nitrogens with one attached hydrogen (secondary N) is 2. The molecule has 0 bridgehead atoms. The van der Waals surface area contributed by atoms with Crippen LogP contribution in [0.25, 0.3) is 0 Å². The molecule has 0 spiro atoms. The minimum atomic E-state index is -0.215. The van der Waals surface area contributed by atoms with Crippen LogP contribution in [0.1, 0.15) is 20.3 Å². The third kappa shape index (κ3) is 3.64. The standard InChI is InChI=1S/C10H20N2O2/c1-10(2,7-13)6-12-9(14)3-8-4-11-5-8/h8,11,13H,3-7H2,1-2H3,(H,12,14). The maximum atomic E-state index is 11.4. The second kappa shape index (κ2) is 4.75. The van der Waals surface area contributed by atoms with Gasteiger partial charge in [-0.3, -0.25) is 4.79 Å². The molecule has 82 valence electrons. The molecule has 0 saturated carbocycles. The third-order valence-corrected chi connectivity index (χ3v) is 2.53. The van der Waals surface area contributed by atoms with Gasteiger partial charge in [0.15, 0.2) is 0 Å². The molecule has 0 aromatic carbocycles. The highest BCUT2D eigenvalue weighted by Crippen LogP contribution is 2.12. The van der Waals surface area contributed by atoms with E-state index in [1.54, 1.807) is 0 Å². The predicted octanol–water partition coefficient (Wildman–Crippen LogP) is -0.269. The summed E-state index contributed by atoms with van der Waals surface area (Å²) < 4.78 is 0. The zero-order valence-electron chi connectivity index (χ0n) is 8.97. The quantitative estimate of drug-likeness (QED) is 0.572. The Bertz CT molecular complexity index is 200. The van der Waals surface area contributed by atoms with Crippen LogP contribution in [0.2, 0.25) is 0 Å². The summed E-state index contributed by atoms with van der Waals surface area (Å²) in [6, 6.07) is 0. The molecule has 1 aliphatic rings. The Hall–Kier alpha value is -0.610. The maximum absolute atomic E-state index is 11.4. The minimum Gasteiger partial charge on any atom is -0.396 e. The van der Waals surface area contributed by atoms with Crippen LogP contribution in [-0.2, 0) is 4.79 Å². The highest BCUT2D eigenvalue weighted by atomic mass is 16.3. The van der Waals surface area contributed by atoms with Crippen molar-refractivity contribution in [1.82, 2.24) is 10.6 Å². The fraction of sp³-hybridized carbons (Fsp3) is 0.900. The van der Waals surface area contributed by atoms with Crippen LogP contribution in [-0.4, -0.2) is 37.3 Å². The highest BCUT2D eigenvalue weighted by molar-refractivity contribution is 5.76. The second-order valence-electron chi connectivity index (χ2n) is 4.83. The lowest BCUT2D eigenvalue weighted by molar-refractivity contribution is -0.122. The lowest BCUT2D eigenvalue weighted by Gasteiger charge is -2.27. The van der Waals surface area contributed by atoms with E-state index in [2.05, 4.69) is 10.6 Å². The molecule has 1 heterocycles. The number of aliphatic hydroxyl groups excluding tert-OH is 1. The molecule has 0 unspecified atom stereocenters. The van der Waals surface area contributed by atoms with E-state index in [4.69, 9.17) is 5.11 Å². The summed E-state index contributed by atoms with van der Waals surface area (Å²) in [4.78, 5) is 11.4. The predicted molar refractivity (Wildman–Crippen MR) is 54.9 cm³/mol. The first-order chi connectivity index (χ1) is 6.53. The van der Waals surface area contributed by atoms with Crippen molar-refractivity contribution in [2.24, 2.45) is 11.3 Å². The van der Waals surface area contributed by atoms with E-state index in [9.17, 15) is 4.79 Å². The summed E-state index contributed by atoms with van der Waals surface area (Å²) in [5.41, 5.74) is -0.215. The molecule has 4 heteroatoms. The van der Waals surface area contributed by atoms with Crippen molar-refractivity contribution in [2.45, 2.75) is 20.3 Å². The van der Waals surface area contributed by atoms with E-state index in [1.807, 2.05) is 13.8 Å². The minimum absolute atomic E-state index is 0.0954. The Labute approximate surface area is 85.1 Å². The lowest BCUT2D eigenvalue weighted by Crippen LogP contribution is -2.45. The largest absolute Gasteiger partial charge is 0.396 e. The molecule has 14 heavy (non-hydrogen) atoms. The number of hydrogen-bond acceptors (Lipinski definition) is 3. The Balaban J connectivity index is 2.13. The maximum Gasteiger partial charge on any atom is 0.220 e. The molecule has 1 amide bonds. The van der Waals surface area contributed by atoms with E-state index in [-0.39, 0.29) is 17.9 Å². The fourth-order valence-electron chi connectivity index (χ4n) is 1.22. The van der Waals surface area contributed by atoms with Crippen molar-refractivity contribution in [3.8, 4) is 0 Å². The number of hydrogen-bond donors (Lipinski definition) is 3. The Kier molecular flexibility index (Phi) is 3.89. The topological polar surface area (TPSA) is 61.4 Å². The smallest absolute Gasteiger partial charge is 0.220 e. The first-order valence-corrected chi connectivity index (χ1v) is 5.12. The number of amides is 1. The van der Waals surface area contributed by atoms with E-state index < -0.39 is 0 Å². The summed E-state index contributed by atoms with van der Waals surface area (Å²) in [7, 11) is 0. The van der Waals surface area contributed by atoms with Gasteiger partial charge in [0.2, 0.25) is 5.91 Å². The van der Waals surface area contributed by atoms with Crippen LogP contribution < -0.4 is 10.6 Å². The van der Waals surface area contributed by atoms with Gasteiger partial charge >= 0.3 is 0 Å². The molecule has 0 aliphatic carbocycles. The van der Waals surface area contributed by atoms with Crippen LogP contribution in [0, 0.1) is 11.3 Å². The van der Waals surface area contributed by atoms with Gasteiger partial charge in [-0.05, 0) is 19.0 Å². The molecule has 0 radical (unpaired) electrons. The SMILES string of the molecule is CC(C)(CO)CNC(=O)CC1CNC1. The molecule has 1 rings (SSSR count). The lowest BCUT2D eigenvalue weighted by atomic mass is 9.94. The molecule has 0 aromatic rings. The van der Waals surface area contributed by atoms with Crippen molar-refractivity contribution >= 4 is 5.91 Å². The van der Waals surface area contributed by atoms with Gasteiger partial charge < -0.3 is 15.7 Å². The van der Waals surface area contributed by atoms with Crippen LogP contribution >= 0.6 is 0 Å². The van der Waals surface area contributed by atoms with Crippen LogP contribution in [0.5, 0.6) is 0 Å². The summed E-state index contributed by atoms with van der Waals surface area (Å²) in [6.45, 7) is 6.41. The molecule has 1 fully saturated rings. The monoisotopic (exact) mass is 200 g/mol. The molecule has 0 aromatic heterocycles. The van der Waals surface area contributed by atoms with Crippen LogP contribution in [0.15, 0.2) is 0 Å². The second-order valence-corrected chi connectivity index (χ2v) is 4.83. The number of carbonyl (C=O) groups is 1. The van der Waals surface area contributed by atoms with Gasteiger partial charge in [-0.25, -0.2) is 0 Å². The molecule has 0 atom stereocenters. The Morgan fingerprint density at radius 2 is 2.21 bits per heavy atom. The zero-order valence-corrected chi connectivity index (χ0v) is 8.97. The summed E-state index contributed by atoms with van der Waals surface area (Å²) in [5, 5.41) is 15.0. The van der Waals surface area contributed by atoms with Gasteiger partial charge in [0, 0.05) is 25.0 Å². The van der Waals surface area contributed by atoms with Gasteiger partial charge in [-0.15, -0.1) is 0 Å². The van der Waals surface area contributed by atoms with Gasteiger partial charge in [0.25, 0.3) is 0 Å². The van der Waals surface area contributed by atoms with Crippen molar-refractivity contribution in [1.29, 1.82) is 0 Å². The van der Waals surface area contributed by atoms with Crippen molar-refractivity contribution < 1.29 is 9.90 Å². The van der Waals surface area contributed by atoms with E-state index in [0.29, 0.717) is 18.9 Å². The Morgan fingerprint density at radius 3 is 2.64 bits per heavy atom. The van der Waals surface area contributed by atoms with Crippen molar-refractivity contribution in [3.05, 3.63) is 0 Å². The fourth-order valence-corrected chi connectivity index (χ4v) is 1.22. The average molecular weight is 200 g/mol. The van der Waals surface area contributed by atoms with Crippen LogP contribution in [0.4, 0.5) is 0 Å². The van der Waals surface area contributed by atoms with Crippen molar-refractivity contribution in [2.75, 3.05) is 26.2 Å². The van der Waals surface area contributed by atoms with Gasteiger partial charge in [-0.1, -0.05) is 13.8 Å². The Morgan fingerprint density at radius 1 is 1.57 bits per heavy atom. The van der Waals surface area contributed by atoms with E-state index in [0.717, 1.165) is 13.1 Å². The van der Waals surface area contributed by atoms with Gasteiger partial charge in [0.05, 0.1) is 0 Å². The molecule has 3 N–H and O–H groups in total. The third-order valence-electron chi connectivity index (χ3n) is 2.53. The van der Waals surface area contributed by atoms with E-state index >= 15 is 0 Å². The normalized spacial score (nSPS) is 17.6. The first kappa shape index (κ1) is 11.5. The number of carbonyl (C=O) groups excluding carboxylic acids is 1. The number of rotatable bonds is 5. The van der Waals surface area contributed by atoms with Crippen LogP contribution in [0.3, 0.4) is 0 Å². The van der Waals surface area contributed by atoms with E-state index in [1.165, 1.54) is 0 Å². The molecular weight excluding hydrogens is 180 g/mol. The summed E-state index contributed by atoms with van der Waals surface area (Å²) in [6.07, 6.45) is 0.606. The summed E-state index contributed by atoms with van der Waals surface area (Å²) in [5.74, 6) is 0.602.